The molecular weight excluding hydrogens is 346 g/mol. The first-order chi connectivity index (χ1) is 12.8. The summed E-state index contributed by atoms with van der Waals surface area (Å²) in [4.78, 5) is 5.33. The van der Waals surface area contributed by atoms with Gasteiger partial charge in [-0.15, -0.1) is 11.3 Å². The van der Waals surface area contributed by atoms with Crippen LogP contribution < -0.4 is 9.47 Å². The fraction of sp³-hybridized carbons (Fsp3) is 0.200. The van der Waals surface area contributed by atoms with E-state index < -0.39 is 0 Å². The molecule has 130 valence electrons. The molecule has 5 rings (SSSR count). The number of hydrogen-bond acceptors (Lipinski definition) is 6. The van der Waals surface area contributed by atoms with Gasteiger partial charge in [-0.1, -0.05) is 18.2 Å². The Morgan fingerprint density at radius 2 is 2.04 bits per heavy atom. The van der Waals surface area contributed by atoms with Crippen LogP contribution in [0.1, 0.15) is 34.7 Å². The summed E-state index contributed by atoms with van der Waals surface area (Å²) in [7, 11) is 1.68. The van der Waals surface area contributed by atoms with Gasteiger partial charge in [-0.25, -0.2) is 5.01 Å². The molecule has 2 aromatic heterocycles. The number of hydrazone groups is 1. The number of benzene rings is 1. The van der Waals surface area contributed by atoms with Crippen molar-refractivity contribution < 1.29 is 9.47 Å². The quantitative estimate of drug-likeness (QED) is 0.692. The number of pyridine rings is 1. The maximum atomic E-state index is 6.39. The highest BCUT2D eigenvalue weighted by molar-refractivity contribution is 7.12. The van der Waals surface area contributed by atoms with Crippen LogP contribution in [0.3, 0.4) is 0 Å². The van der Waals surface area contributed by atoms with Gasteiger partial charge in [-0.2, -0.15) is 5.10 Å². The molecule has 0 bridgehead atoms. The van der Waals surface area contributed by atoms with E-state index in [1.54, 1.807) is 30.8 Å². The number of thiophene rings is 1. The standard InChI is InChI=1S/C20H17N3O2S/c1-24-17-5-2-4-14-16-12-15(18-6-3-11-26-18)22-23(16)20(25-19(14)17)13-7-9-21-10-8-13/h2-11,16,20H,12H2,1H3/t16-,20+/m1/s1. The predicted octanol–water partition coefficient (Wildman–Crippen LogP) is 4.39. The van der Waals surface area contributed by atoms with Crippen LogP contribution >= 0.6 is 11.3 Å². The predicted molar refractivity (Wildman–Crippen MR) is 101 cm³/mol. The molecule has 26 heavy (non-hydrogen) atoms. The molecule has 0 radical (unpaired) electrons. The van der Waals surface area contributed by atoms with E-state index >= 15 is 0 Å². The summed E-state index contributed by atoms with van der Waals surface area (Å²) in [6, 6.07) is 14.3. The lowest BCUT2D eigenvalue weighted by Crippen LogP contribution is -2.33. The second-order valence-electron chi connectivity index (χ2n) is 6.25. The van der Waals surface area contributed by atoms with Crippen molar-refractivity contribution in [3.63, 3.8) is 0 Å². The van der Waals surface area contributed by atoms with Crippen LogP contribution in [0, 0.1) is 0 Å². The van der Waals surface area contributed by atoms with Crippen LogP contribution in [-0.2, 0) is 0 Å². The molecule has 3 aromatic rings. The number of ether oxygens (including phenoxy) is 2. The zero-order valence-corrected chi connectivity index (χ0v) is 15.0. The summed E-state index contributed by atoms with van der Waals surface area (Å²) >= 11 is 1.72. The van der Waals surface area contributed by atoms with E-state index in [-0.39, 0.29) is 12.3 Å². The first-order valence-corrected chi connectivity index (χ1v) is 9.36. The average Bonchev–Trinajstić information content (AvgIpc) is 3.37. The first kappa shape index (κ1) is 15.4. The molecule has 0 N–H and O–H groups in total. The van der Waals surface area contributed by atoms with Crippen molar-refractivity contribution in [1.29, 1.82) is 0 Å². The van der Waals surface area contributed by atoms with Gasteiger partial charge in [0.2, 0.25) is 6.23 Å². The number of para-hydroxylation sites is 1. The molecule has 4 heterocycles. The van der Waals surface area contributed by atoms with Gasteiger partial charge < -0.3 is 9.47 Å². The Morgan fingerprint density at radius 1 is 1.15 bits per heavy atom. The molecule has 0 amide bonds. The fourth-order valence-electron chi connectivity index (χ4n) is 3.58. The molecule has 0 saturated heterocycles. The van der Waals surface area contributed by atoms with Gasteiger partial charge in [0.15, 0.2) is 11.5 Å². The molecule has 0 fully saturated rings. The van der Waals surface area contributed by atoms with E-state index in [0.717, 1.165) is 34.8 Å². The monoisotopic (exact) mass is 363 g/mol. The zero-order valence-electron chi connectivity index (χ0n) is 14.2. The highest BCUT2D eigenvalue weighted by Crippen LogP contribution is 2.50. The van der Waals surface area contributed by atoms with E-state index in [1.165, 1.54) is 4.88 Å². The van der Waals surface area contributed by atoms with Crippen LogP contribution in [0.4, 0.5) is 0 Å². The molecule has 0 aliphatic carbocycles. The third-order valence-electron chi connectivity index (χ3n) is 4.80. The van der Waals surface area contributed by atoms with Gasteiger partial charge in [0.25, 0.3) is 0 Å². The summed E-state index contributed by atoms with van der Waals surface area (Å²) in [5.41, 5.74) is 3.24. The average molecular weight is 363 g/mol. The van der Waals surface area contributed by atoms with Gasteiger partial charge in [-0.3, -0.25) is 4.98 Å². The Hall–Kier alpha value is -2.86. The number of rotatable bonds is 3. The van der Waals surface area contributed by atoms with Gasteiger partial charge in [-0.05, 0) is 29.6 Å². The van der Waals surface area contributed by atoms with Gasteiger partial charge >= 0.3 is 0 Å². The van der Waals surface area contributed by atoms with E-state index in [1.807, 2.05) is 24.3 Å². The topological polar surface area (TPSA) is 47.0 Å². The highest BCUT2D eigenvalue weighted by atomic mass is 32.1. The second kappa shape index (κ2) is 6.14. The minimum absolute atomic E-state index is 0.129. The zero-order chi connectivity index (χ0) is 17.5. The molecule has 5 nitrogen and oxygen atoms in total. The molecule has 0 saturated carbocycles. The van der Waals surface area contributed by atoms with Crippen LogP contribution in [-0.4, -0.2) is 22.8 Å². The molecule has 1 aromatic carbocycles. The number of aromatic nitrogens is 1. The largest absolute Gasteiger partial charge is 0.493 e. The van der Waals surface area contributed by atoms with E-state index in [9.17, 15) is 0 Å². The SMILES string of the molecule is COc1cccc2c1O[C@@H](c1ccncc1)N1N=C(c3cccs3)C[C@H]21. The number of fused-ring (bicyclic) bond motifs is 3. The molecule has 0 spiro atoms. The summed E-state index contributed by atoms with van der Waals surface area (Å²) in [5.74, 6) is 1.56. The Bertz CT molecular complexity index is 956. The van der Waals surface area contributed by atoms with Crippen LogP contribution in [0.15, 0.2) is 65.3 Å². The minimum Gasteiger partial charge on any atom is -0.493 e. The molecule has 6 heteroatoms. The van der Waals surface area contributed by atoms with Crippen molar-refractivity contribution in [2.75, 3.05) is 7.11 Å². The summed E-state index contributed by atoms with van der Waals surface area (Å²) in [6.45, 7) is 0. The number of nitrogens with zero attached hydrogens (tertiary/aromatic N) is 3. The third kappa shape index (κ3) is 2.37. The van der Waals surface area contributed by atoms with Crippen molar-refractivity contribution in [2.45, 2.75) is 18.7 Å². The third-order valence-corrected chi connectivity index (χ3v) is 5.72. The lowest BCUT2D eigenvalue weighted by atomic mass is 9.97. The fourth-order valence-corrected chi connectivity index (χ4v) is 4.31. The smallest absolute Gasteiger partial charge is 0.214 e. The highest BCUT2D eigenvalue weighted by Gasteiger charge is 2.42. The number of methoxy groups -OCH3 is 1. The van der Waals surface area contributed by atoms with Gasteiger partial charge in [0.1, 0.15) is 0 Å². The van der Waals surface area contributed by atoms with Gasteiger partial charge in [0.05, 0.1) is 23.7 Å². The van der Waals surface area contributed by atoms with Crippen molar-refractivity contribution in [3.05, 3.63) is 76.2 Å². The second-order valence-corrected chi connectivity index (χ2v) is 7.20. The Kier molecular flexibility index (Phi) is 3.64. The minimum atomic E-state index is -0.302. The molecular formula is C20H17N3O2S. The maximum absolute atomic E-state index is 6.39. The Morgan fingerprint density at radius 3 is 2.81 bits per heavy atom. The normalized spacial score (nSPS) is 20.8. The van der Waals surface area contributed by atoms with Crippen molar-refractivity contribution >= 4 is 17.0 Å². The van der Waals surface area contributed by atoms with Crippen molar-refractivity contribution in [2.24, 2.45) is 5.10 Å². The molecule has 2 aliphatic heterocycles. The summed E-state index contributed by atoms with van der Waals surface area (Å²) < 4.78 is 11.9. The Balaban J connectivity index is 1.64. The van der Waals surface area contributed by atoms with E-state index in [0.29, 0.717) is 0 Å². The molecule has 2 aliphatic rings. The summed E-state index contributed by atoms with van der Waals surface area (Å²) in [5, 5.41) is 9.10. The van der Waals surface area contributed by atoms with Gasteiger partial charge in [0, 0.05) is 29.9 Å². The van der Waals surface area contributed by atoms with Crippen molar-refractivity contribution in [1.82, 2.24) is 9.99 Å². The molecule has 0 unspecified atom stereocenters. The van der Waals surface area contributed by atoms with Crippen LogP contribution in [0.2, 0.25) is 0 Å². The first-order valence-electron chi connectivity index (χ1n) is 8.48. The maximum Gasteiger partial charge on any atom is 0.214 e. The van der Waals surface area contributed by atoms with E-state index in [2.05, 4.69) is 33.6 Å². The lowest BCUT2D eigenvalue weighted by Gasteiger charge is -2.38. The summed E-state index contributed by atoms with van der Waals surface area (Å²) in [6.07, 6.45) is 4.12. The van der Waals surface area contributed by atoms with Crippen LogP contribution in [0.5, 0.6) is 11.5 Å². The number of hydrogen-bond donors (Lipinski definition) is 0. The lowest BCUT2D eigenvalue weighted by molar-refractivity contribution is -0.0209. The Labute approximate surface area is 155 Å². The molecule has 2 atom stereocenters. The van der Waals surface area contributed by atoms with Crippen molar-refractivity contribution in [3.8, 4) is 11.5 Å². The van der Waals surface area contributed by atoms with Crippen LogP contribution in [0.25, 0.3) is 0 Å². The van der Waals surface area contributed by atoms with E-state index in [4.69, 9.17) is 14.6 Å².